The molecule has 1 atom stereocenters. The number of benzene rings is 2. The zero-order valence-corrected chi connectivity index (χ0v) is 18.6. The van der Waals surface area contributed by atoms with Crippen LogP contribution in [0.2, 0.25) is 10.0 Å². The van der Waals surface area contributed by atoms with Crippen LogP contribution >= 0.6 is 23.2 Å². The van der Waals surface area contributed by atoms with Gasteiger partial charge in [-0.25, -0.2) is 9.80 Å². The summed E-state index contributed by atoms with van der Waals surface area (Å²) in [6.45, 7) is 3.78. The second-order valence-corrected chi connectivity index (χ2v) is 7.41. The minimum atomic E-state index is -0.563. The fourth-order valence-electron chi connectivity index (χ4n) is 2.95. The molecule has 10 heteroatoms. The summed E-state index contributed by atoms with van der Waals surface area (Å²) in [5.41, 5.74) is 1.15. The average molecular weight is 472 g/mol. The largest absolute Gasteiger partial charge is 0.445 e. The van der Waals surface area contributed by atoms with E-state index in [0.29, 0.717) is 27.1 Å². The summed E-state index contributed by atoms with van der Waals surface area (Å²) in [6, 6.07) is 13.3. The minimum absolute atomic E-state index is 0.0355. The predicted octanol–water partition coefficient (Wildman–Crippen LogP) is 4.55. The molecule has 0 bridgehead atoms. The SMILES string of the molecule is C=CCOC(=O)N(C)C1CN(/C(=N\C#N)Oc2ccccc2)N=C1c1ccc(Cl)c(Cl)c1. The van der Waals surface area contributed by atoms with Gasteiger partial charge in [-0.15, -0.1) is 4.99 Å². The van der Waals surface area contributed by atoms with E-state index in [-0.39, 0.29) is 19.2 Å². The number of aliphatic imine (C=N–C) groups is 1. The highest BCUT2D eigenvalue weighted by Crippen LogP contribution is 2.27. The molecule has 164 valence electrons. The number of nitrogens with zero attached hydrogens (tertiary/aromatic N) is 5. The van der Waals surface area contributed by atoms with E-state index in [2.05, 4.69) is 16.7 Å². The van der Waals surface area contributed by atoms with E-state index >= 15 is 0 Å². The smallest absolute Gasteiger partial charge is 0.410 e. The van der Waals surface area contributed by atoms with Crippen molar-refractivity contribution in [3.05, 3.63) is 76.8 Å². The number of rotatable bonds is 5. The Morgan fingerprint density at radius 3 is 2.75 bits per heavy atom. The zero-order chi connectivity index (χ0) is 23.1. The maximum Gasteiger partial charge on any atom is 0.410 e. The molecule has 1 amide bonds. The van der Waals surface area contributed by atoms with Crippen molar-refractivity contribution in [2.75, 3.05) is 20.2 Å². The molecule has 8 nitrogen and oxygen atoms in total. The van der Waals surface area contributed by atoms with Gasteiger partial charge in [-0.3, -0.25) is 0 Å². The molecule has 1 aliphatic rings. The Balaban J connectivity index is 1.97. The topological polar surface area (TPSA) is 90.5 Å². The monoisotopic (exact) mass is 471 g/mol. The summed E-state index contributed by atoms with van der Waals surface area (Å²) in [6.07, 6.45) is 2.64. The lowest BCUT2D eigenvalue weighted by Gasteiger charge is -2.25. The van der Waals surface area contributed by atoms with Gasteiger partial charge in [0.05, 0.1) is 28.3 Å². The van der Waals surface area contributed by atoms with E-state index in [1.54, 1.807) is 55.7 Å². The molecule has 0 saturated heterocycles. The lowest BCUT2D eigenvalue weighted by atomic mass is 10.0. The van der Waals surface area contributed by atoms with Crippen LogP contribution in [0.3, 0.4) is 0 Å². The number of carbonyl (C=O) groups excluding carboxylic acids is 1. The van der Waals surface area contributed by atoms with Gasteiger partial charge in [0.2, 0.25) is 6.19 Å². The van der Waals surface area contributed by atoms with Gasteiger partial charge in [0.15, 0.2) is 0 Å². The van der Waals surface area contributed by atoms with Gasteiger partial charge in [0.1, 0.15) is 12.4 Å². The normalized spacial score (nSPS) is 15.6. The Labute approximate surface area is 195 Å². The highest BCUT2D eigenvalue weighted by molar-refractivity contribution is 6.42. The summed E-state index contributed by atoms with van der Waals surface area (Å²) in [5, 5.41) is 15.9. The van der Waals surface area contributed by atoms with Crippen molar-refractivity contribution < 1.29 is 14.3 Å². The molecule has 0 saturated carbocycles. The van der Waals surface area contributed by atoms with Crippen molar-refractivity contribution in [3.8, 4) is 11.9 Å². The van der Waals surface area contributed by atoms with Crippen molar-refractivity contribution in [3.63, 3.8) is 0 Å². The van der Waals surface area contributed by atoms with Crippen LogP contribution < -0.4 is 4.74 Å². The van der Waals surface area contributed by atoms with Crippen LogP contribution in [0.1, 0.15) is 5.56 Å². The lowest BCUT2D eigenvalue weighted by Crippen LogP contribution is -2.45. The third-order valence-corrected chi connectivity index (χ3v) is 5.24. The molecule has 0 aliphatic carbocycles. The molecule has 0 fully saturated rings. The van der Waals surface area contributed by atoms with Gasteiger partial charge in [0, 0.05) is 12.6 Å². The van der Waals surface area contributed by atoms with Gasteiger partial charge in [-0.05, 0) is 24.3 Å². The van der Waals surface area contributed by atoms with E-state index in [1.807, 2.05) is 6.07 Å². The predicted molar refractivity (Wildman–Crippen MR) is 123 cm³/mol. The first-order valence-electron chi connectivity index (χ1n) is 9.46. The number of nitriles is 1. The fraction of sp³-hybridized carbons (Fsp3) is 0.182. The molecule has 0 N–H and O–H groups in total. The second kappa shape index (κ2) is 10.7. The maximum absolute atomic E-state index is 12.5. The quantitative estimate of drug-likeness (QED) is 0.276. The third kappa shape index (κ3) is 5.38. The summed E-state index contributed by atoms with van der Waals surface area (Å²) >= 11 is 12.3. The van der Waals surface area contributed by atoms with Crippen LogP contribution in [0.5, 0.6) is 5.75 Å². The van der Waals surface area contributed by atoms with Crippen molar-refractivity contribution in [2.45, 2.75) is 6.04 Å². The molecule has 1 heterocycles. The molecular weight excluding hydrogens is 453 g/mol. The van der Waals surface area contributed by atoms with Crippen LogP contribution in [-0.4, -0.2) is 54.0 Å². The summed E-state index contributed by atoms with van der Waals surface area (Å²) in [4.78, 5) is 17.7. The van der Waals surface area contributed by atoms with Crippen LogP contribution in [-0.2, 0) is 4.74 Å². The maximum atomic E-state index is 12.5. The van der Waals surface area contributed by atoms with Crippen LogP contribution in [0.25, 0.3) is 0 Å². The Morgan fingerprint density at radius 2 is 2.09 bits per heavy atom. The second-order valence-electron chi connectivity index (χ2n) is 6.60. The van der Waals surface area contributed by atoms with E-state index in [0.717, 1.165) is 0 Å². The highest BCUT2D eigenvalue weighted by Gasteiger charge is 2.36. The number of likely N-dealkylation sites (N-methyl/N-ethyl adjacent to an activating group) is 1. The summed E-state index contributed by atoms with van der Waals surface area (Å²) < 4.78 is 10.9. The van der Waals surface area contributed by atoms with E-state index in [9.17, 15) is 4.79 Å². The Morgan fingerprint density at radius 1 is 1.34 bits per heavy atom. The Hall–Kier alpha value is -3.54. The van der Waals surface area contributed by atoms with E-state index < -0.39 is 12.1 Å². The average Bonchev–Trinajstić information content (AvgIpc) is 3.24. The zero-order valence-electron chi connectivity index (χ0n) is 17.1. The molecule has 2 aromatic rings. The standard InChI is InChI=1S/C22H19Cl2N5O3/c1-3-11-31-22(30)28(2)19-13-29(21(26-14-25)32-16-7-5-4-6-8-16)27-20(19)15-9-10-17(23)18(24)12-15/h3-10,12,19H,1,11,13H2,2H3/b26-21+. The minimum Gasteiger partial charge on any atom is -0.445 e. The molecule has 0 radical (unpaired) electrons. The van der Waals surface area contributed by atoms with Gasteiger partial charge in [0.25, 0.3) is 0 Å². The van der Waals surface area contributed by atoms with Crippen molar-refractivity contribution in [1.82, 2.24) is 9.91 Å². The van der Waals surface area contributed by atoms with E-state index in [1.165, 1.54) is 16.0 Å². The van der Waals surface area contributed by atoms with Gasteiger partial charge in [-0.2, -0.15) is 10.4 Å². The van der Waals surface area contributed by atoms with E-state index in [4.69, 9.17) is 37.9 Å². The fourth-order valence-corrected chi connectivity index (χ4v) is 3.25. The first-order valence-corrected chi connectivity index (χ1v) is 10.2. The van der Waals surface area contributed by atoms with Crippen molar-refractivity contribution in [1.29, 1.82) is 5.26 Å². The number of amides is 1. The Kier molecular flexibility index (Phi) is 7.71. The van der Waals surface area contributed by atoms with Crippen molar-refractivity contribution in [2.24, 2.45) is 10.1 Å². The molecular formula is C22H19Cl2N5O3. The Bertz CT molecular complexity index is 1100. The first-order chi connectivity index (χ1) is 15.4. The van der Waals surface area contributed by atoms with Crippen LogP contribution in [0, 0.1) is 11.5 Å². The van der Waals surface area contributed by atoms with Gasteiger partial charge in [-0.1, -0.05) is 60.1 Å². The molecule has 1 unspecified atom stereocenters. The molecule has 0 spiro atoms. The molecule has 3 rings (SSSR count). The van der Waals surface area contributed by atoms with Gasteiger partial charge >= 0.3 is 12.1 Å². The highest BCUT2D eigenvalue weighted by atomic mass is 35.5. The number of halogens is 2. The van der Waals surface area contributed by atoms with Crippen LogP contribution in [0.4, 0.5) is 4.79 Å². The molecule has 1 aliphatic heterocycles. The number of carbonyl (C=O) groups is 1. The molecule has 0 aromatic heterocycles. The van der Waals surface area contributed by atoms with Gasteiger partial charge < -0.3 is 14.4 Å². The van der Waals surface area contributed by atoms with Crippen molar-refractivity contribution >= 4 is 41.0 Å². The molecule has 32 heavy (non-hydrogen) atoms. The first kappa shape index (κ1) is 23.1. The number of para-hydroxylation sites is 1. The number of hydrazone groups is 1. The number of ether oxygens (including phenoxy) is 2. The summed E-state index contributed by atoms with van der Waals surface area (Å²) in [5.74, 6) is 0.481. The van der Waals surface area contributed by atoms with Crippen LogP contribution in [0.15, 0.2) is 71.3 Å². The third-order valence-electron chi connectivity index (χ3n) is 4.50. The lowest BCUT2D eigenvalue weighted by molar-refractivity contribution is 0.114. The number of amidine groups is 1. The number of hydrogen-bond acceptors (Lipinski definition) is 6. The number of hydrogen-bond donors (Lipinski definition) is 0. The molecule has 2 aromatic carbocycles. The summed E-state index contributed by atoms with van der Waals surface area (Å²) in [7, 11) is 1.59.